The Morgan fingerprint density at radius 2 is 1.79 bits per heavy atom. The number of fused-ring (bicyclic) bond motifs is 1. The third kappa shape index (κ3) is 8.87. The maximum atomic E-state index is 10.5. The molecule has 2 N–H and O–H groups in total. The normalized spacial score (nSPS) is 21.1. The van der Waals surface area contributed by atoms with Gasteiger partial charge in [-0.2, -0.15) is 0 Å². The molecule has 10 nitrogen and oxygen atoms in total. The summed E-state index contributed by atoms with van der Waals surface area (Å²) in [5.41, 5.74) is 3.51. The van der Waals surface area contributed by atoms with Gasteiger partial charge in [0.15, 0.2) is 0 Å². The van der Waals surface area contributed by atoms with Crippen LogP contribution in [-0.2, 0) is 47.2 Å². The summed E-state index contributed by atoms with van der Waals surface area (Å²) in [4.78, 5) is 2.36. The van der Waals surface area contributed by atoms with Gasteiger partial charge in [0.25, 0.3) is 0 Å². The van der Waals surface area contributed by atoms with Crippen molar-refractivity contribution in [2.24, 2.45) is 0 Å². The summed E-state index contributed by atoms with van der Waals surface area (Å²) in [7, 11) is 4.97. The molecule has 10 heteroatoms. The zero-order valence-corrected chi connectivity index (χ0v) is 25.3. The van der Waals surface area contributed by atoms with E-state index < -0.39 is 11.7 Å². The molecule has 42 heavy (non-hydrogen) atoms. The average molecular weight is 589 g/mol. The summed E-state index contributed by atoms with van der Waals surface area (Å²) in [5, 5.41) is 14.0. The van der Waals surface area contributed by atoms with E-state index in [4.69, 9.17) is 33.2 Å². The van der Waals surface area contributed by atoms with Crippen molar-refractivity contribution in [1.82, 2.24) is 5.32 Å². The van der Waals surface area contributed by atoms with Gasteiger partial charge in [-0.15, -0.1) is 0 Å². The number of aliphatic hydroxyl groups is 1. The van der Waals surface area contributed by atoms with Crippen molar-refractivity contribution < 1.29 is 38.3 Å². The smallest absolute Gasteiger partial charge is 0.142 e. The van der Waals surface area contributed by atoms with Gasteiger partial charge in [-0.1, -0.05) is 30.3 Å². The van der Waals surface area contributed by atoms with E-state index >= 15 is 0 Å². The third-order valence-electron chi connectivity index (χ3n) is 7.77. The highest BCUT2D eigenvalue weighted by Gasteiger charge is 2.45. The van der Waals surface area contributed by atoms with Gasteiger partial charge < -0.3 is 48.5 Å². The first-order valence-electron chi connectivity index (χ1n) is 14.9. The fourth-order valence-corrected chi connectivity index (χ4v) is 5.54. The van der Waals surface area contributed by atoms with Crippen LogP contribution in [0.5, 0.6) is 5.75 Å². The van der Waals surface area contributed by atoms with Gasteiger partial charge >= 0.3 is 0 Å². The summed E-state index contributed by atoms with van der Waals surface area (Å²) in [6.45, 7) is 6.95. The summed E-state index contributed by atoms with van der Waals surface area (Å²) >= 11 is 0. The van der Waals surface area contributed by atoms with Crippen molar-refractivity contribution in [3.63, 3.8) is 0 Å². The van der Waals surface area contributed by atoms with Gasteiger partial charge in [-0.25, -0.2) is 0 Å². The Kier molecular flexibility index (Phi) is 13.3. The molecule has 0 radical (unpaired) electrons. The molecule has 0 saturated carbocycles. The van der Waals surface area contributed by atoms with E-state index in [1.807, 2.05) is 6.07 Å². The van der Waals surface area contributed by atoms with Crippen LogP contribution in [0.4, 0.5) is 5.69 Å². The Morgan fingerprint density at radius 3 is 2.57 bits per heavy atom. The van der Waals surface area contributed by atoms with Gasteiger partial charge in [-0.05, 0) is 48.2 Å². The lowest BCUT2D eigenvalue weighted by Crippen LogP contribution is -2.55. The number of nitrogens with zero attached hydrogens (tertiary/aromatic N) is 1. The summed E-state index contributed by atoms with van der Waals surface area (Å²) in [5.74, 6) is 0.901. The van der Waals surface area contributed by atoms with E-state index in [-0.39, 0.29) is 19.3 Å². The van der Waals surface area contributed by atoms with Crippen LogP contribution >= 0.6 is 0 Å². The summed E-state index contributed by atoms with van der Waals surface area (Å²) < 4.78 is 40.4. The minimum atomic E-state index is -0.737. The summed E-state index contributed by atoms with van der Waals surface area (Å²) in [6, 6.07) is 14.6. The molecular weight excluding hydrogens is 540 g/mol. The maximum Gasteiger partial charge on any atom is 0.142 e. The van der Waals surface area contributed by atoms with E-state index in [1.54, 1.807) is 21.3 Å². The van der Waals surface area contributed by atoms with E-state index in [2.05, 4.69) is 46.6 Å². The van der Waals surface area contributed by atoms with Crippen LogP contribution in [0.25, 0.3) is 0 Å². The molecular formula is C32H48N2O8. The highest BCUT2D eigenvalue weighted by molar-refractivity contribution is 5.61. The highest BCUT2D eigenvalue weighted by Crippen LogP contribution is 2.38. The molecule has 0 aliphatic carbocycles. The molecule has 0 aromatic heterocycles. The predicted molar refractivity (Wildman–Crippen MR) is 160 cm³/mol. The largest absolute Gasteiger partial charge is 0.490 e. The zero-order chi connectivity index (χ0) is 29.6. The van der Waals surface area contributed by atoms with Crippen LogP contribution in [0.15, 0.2) is 42.5 Å². The van der Waals surface area contributed by atoms with Crippen LogP contribution in [0.2, 0.25) is 0 Å². The first-order valence-corrected chi connectivity index (χ1v) is 14.9. The van der Waals surface area contributed by atoms with E-state index in [0.29, 0.717) is 46.0 Å². The molecule has 0 amide bonds. The van der Waals surface area contributed by atoms with Gasteiger partial charge in [0, 0.05) is 41.0 Å². The SMILES string of the molecule is COCCCN1CCOc2ccc(CO[C@H]3CNCC[C@]3(OC[C@H](O)COC)c3ccc(COCCOC)cc3)cc21. The molecule has 2 aliphatic heterocycles. The number of aliphatic hydroxyl groups excluding tert-OH is 1. The molecule has 2 heterocycles. The first-order chi connectivity index (χ1) is 20.6. The molecule has 234 valence electrons. The highest BCUT2D eigenvalue weighted by atomic mass is 16.6. The fourth-order valence-electron chi connectivity index (χ4n) is 5.54. The lowest BCUT2D eigenvalue weighted by molar-refractivity contribution is -0.185. The Labute approximate surface area is 250 Å². The Morgan fingerprint density at radius 1 is 0.976 bits per heavy atom. The molecule has 2 aromatic carbocycles. The zero-order valence-electron chi connectivity index (χ0n) is 25.3. The van der Waals surface area contributed by atoms with Crippen molar-refractivity contribution in [1.29, 1.82) is 0 Å². The van der Waals surface area contributed by atoms with Crippen LogP contribution in [0, 0.1) is 0 Å². The van der Waals surface area contributed by atoms with E-state index in [1.165, 1.54) is 0 Å². The number of rotatable bonds is 18. The second kappa shape index (κ2) is 17.1. The Bertz CT molecular complexity index is 1060. The Hall–Kier alpha value is -2.28. The number of anilines is 1. The van der Waals surface area contributed by atoms with Crippen molar-refractivity contribution in [2.45, 2.75) is 43.9 Å². The molecule has 1 fully saturated rings. The van der Waals surface area contributed by atoms with Crippen molar-refractivity contribution in [3.8, 4) is 5.75 Å². The standard InChI is InChI=1S/C32H48N2O8/c1-36-15-4-13-34-14-16-40-30-10-7-26(19-29(30)34)22-41-31-20-33-12-11-32(31,42-24-28(35)23-38-3)27-8-5-25(6-9-27)21-39-18-17-37-2/h5-10,19,28,31,33,35H,4,11-18,20-24H2,1-3H3/t28-,31+,32+/m1/s1. The fraction of sp³-hybridized carbons (Fsp3) is 0.625. The number of hydrogen-bond donors (Lipinski definition) is 2. The van der Waals surface area contributed by atoms with Crippen molar-refractivity contribution >= 4 is 5.69 Å². The maximum absolute atomic E-state index is 10.5. The monoisotopic (exact) mass is 588 g/mol. The number of methoxy groups -OCH3 is 3. The van der Waals surface area contributed by atoms with Crippen molar-refractivity contribution in [2.75, 3.05) is 92.0 Å². The molecule has 0 spiro atoms. The van der Waals surface area contributed by atoms with E-state index in [9.17, 15) is 5.11 Å². The Balaban J connectivity index is 1.51. The van der Waals surface area contributed by atoms with Crippen molar-refractivity contribution in [3.05, 3.63) is 59.2 Å². The van der Waals surface area contributed by atoms with Gasteiger partial charge in [0.05, 0.1) is 51.9 Å². The van der Waals surface area contributed by atoms with Crippen LogP contribution in [0.3, 0.4) is 0 Å². The van der Waals surface area contributed by atoms with Gasteiger partial charge in [0.1, 0.15) is 30.2 Å². The quantitative estimate of drug-likeness (QED) is 0.253. The molecule has 0 unspecified atom stereocenters. The molecule has 2 aromatic rings. The topological polar surface area (TPSA) is 100 Å². The molecule has 2 aliphatic rings. The predicted octanol–water partition coefficient (Wildman–Crippen LogP) is 2.88. The average Bonchev–Trinajstić information content (AvgIpc) is 3.02. The minimum absolute atomic E-state index is 0.141. The molecule has 1 saturated heterocycles. The number of ether oxygens (including phenoxy) is 7. The van der Waals surface area contributed by atoms with Crippen LogP contribution in [-0.4, -0.2) is 104 Å². The number of piperidine rings is 1. The molecule has 4 rings (SSSR count). The number of benzene rings is 2. The lowest BCUT2D eigenvalue weighted by Gasteiger charge is -2.44. The summed E-state index contributed by atoms with van der Waals surface area (Å²) in [6.07, 6.45) is 0.638. The van der Waals surface area contributed by atoms with E-state index in [0.717, 1.165) is 60.8 Å². The second-order valence-corrected chi connectivity index (χ2v) is 10.8. The third-order valence-corrected chi connectivity index (χ3v) is 7.77. The second-order valence-electron chi connectivity index (χ2n) is 10.8. The lowest BCUT2D eigenvalue weighted by atomic mass is 9.81. The number of nitrogens with one attached hydrogen (secondary N) is 1. The number of hydrogen-bond acceptors (Lipinski definition) is 10. The van der Waals surface area contributed by atoms with Gasteiger partial charge in [0.2, 0.25) is 0 Å². The van der Waals surface area contributed by atoms with Crippen LogP contribution in [0.1, 0.15) is 29.5 Å². The van der Waals surface area contributed by atoms with Crippen LogP contribution < -0.4 is 15.0 Å². The first kappa shape index (κ1) is 32.6. The van der Waals surface area contributed by atoms with Gasteiger partial charge in [-0.3, -0.25) is 0 Å². The minimum Gasteiger partial charge on any atom is -0.490 e. The molecule has 0 bridgehead atoms. The molecule has 3 atom stereocenters.